The molecule has 0 aromatic heterocycles. The van der Waals surface area contributed by atoms with E-state index in [1.807, 2.05) is 0 Å². The summed E-state index contributed by atoms with van der Waals surface area (Å²) >= 11 is 0. The summed E-state index contributed by atoms with van der Waals surface area (Å²) in [6.07, 6.45) is 12.1. The molecule has 244 valence electrons. The van der Waals surface area contributed by atoms with Crippen LogP contribution in [0.4, 0.5) is 0 Å². The molecule has 0 unspecified atom stereocenters. The van der Waals surface area contributed by atoms with E-state index < -0.39 is 22.2 Å². The van der Waals surface area contributed by atoms with E-state index in [1.54, 1.807) is 0 Å². The lowest BCUT2D eigenvalue weighted by Gasteiger charge is -2.37. The molecule has 4 nitrogen and oxygen atoms in total. The third kappa shape index (κ3) is 10.8. The van der Waals surface area contributed by atoms with Gasteiger partial charge in [-0.1, -0.05) is 86.6 Å². The van der Waals surface area contributed by atoms with E-state index in [9.17, 15) is 5.11 Å². The summed E-state index contributed by atoms with van der Waals surface area (Å²) in [6.45, 7) is 31.1. The lowest BCUT2D eigenvalue weighted by molar-refractivity contribution is 0.0246. The zero-order chi connectivity index (χ0) is 32.7. The van der Waals surface area contributed by atoms with E-state index in [0.717, 1.165) is 49.8 Å². The largest absolute Gasteiger partial charge is 0.489 e. The fraction of sp³-hybridized carbons (Fsp3) is 0.676. The van der Waals surface area contributed by atoms with Gasteiger partial charge in [-0.3, -0.25) is 0 Å². The van der Waals surface area contributed by atoms with Crippen molar-refractivity contribution in [1.82, 2.24) is 0 Å². The molecule has 0 aliphatic heterocycles. The fourth-order valence-electron chi connectivity index (χ4n) is 4.61. The van der Waals surface area contributed by atoms with Gasteiger partial charge >= 0.3 is 0 Å². The average Bonchev–Trinajstić information content (AvgIpc) is 3.40. The summed E-state index contributed by atoms with van der Waals surface area (Å²) in [5, 5.41) is 11.0. The monoisotopic (exact) mass is 628 g/mol. The minimum atomic E-state index is -1.91. The van der Waals surface area contributed by atoms with Gasteiger partial charge in [0, 0.05) is 0 Å². The first-order valence-corrected chi connectivity index (χ1v) is 22.4. The second kappa shape index (κ2) is 15.2. The van der Waals surface area contributed by atoms with Crippen molar-refractivity contribution in [3.05, 3.63) is 64.3 Å². The lowest BCUT2D eigenvalue weighted by Crippen LogP contribution is -2.41. The van der Waals surface area contributed by atoms with E-state index in [1.165, 1.54) is 22.3 Å². The van der Waals surface area contributed by atoms with Gasteiger partial charge in [0.1, 0.15) is 12.4 Å². The first-order valence-electron chi connectivity index (χ1n) is 16.6. The second-order valence-corrected chi connectivity index (χ2v) is 25.2. The molecule has 1 aliphatic rings. The normalized spacial score (nSPS) is 15.5. The van der Waals surface area contributed by atoms with Crippen LogP contribution >= 0.6 is 0 Å². The Labute approximate surface area is 267 Å². The molecular formula is C37H64O4Si2. The Kier molecular flexibility index (Phi) is 13.4. The van der Waals surface area contributed by atoms with Crippen LogP contribution in [0.25, 0.3) is 0 Å². The average molecular weight is 629 g/mol. The molecule has 0 bridgehead atoms. The van der Waals surface area contributed by atoms with Gasteiger partial charge in [0.15, 0.2) is 16.6 Å². The molecule has 0 heterocycles. The third-order valence-electron chi connectivity index (χ3n) is 10.4. The molecule has 0 fully saturated rings. The number of ether oxygens (including phenoxy) is 1. The van der Waals surface area contributed by atoms with Crippen molar-refractivity contribution in [1.29, 1.82) is 0 Å². The highest BCUT2D eigenvalue weighted by atomic mass is 28.4. The number of hydrogen-bond acceptors (Lipinski definition) is 4. The molecule has 1 aromatic carbocycles. The highest BCUT2D eigenvalue weighted by Gasteiger charge is 2.38. The molecule has 1 aliphatic carbocycles. The Morgan fingerprint density at radius 3 is 1.88 bits per heavy atom. The van der Waals surface area contributed by atoms with Gasteiger partial charge in [0.25, 0.3) is 0 Å². The van der Waals surface area contributed by atoms with Crippen molar-refractivity contribution in [2.75, 3.05) is 6.61 Å². The lowest BCUT2D eigenvalue weighted by atomic mass is 9.90. The van der Waals surface area contributed by atoms with Crippen molar-refractivity contribution in [3.63, 3.8) is 0 Å². The van der Waals surface area contributed by atoms with E-state index in [2.05, 4.69) is 125 Å². The molecule has 0 atom stereocenters. The zero-order valence-corrected chi connectivity index (χ0v) is 32.0. The Balaban J connectivity index is 2.11. The second-order valence-electron chi connectivity index (χ2n) is 15.6. The molecule has 1 aromatic rings. The number of aliphatic hydroxyl groups is 1. The van der Waals surface area contributed by atoms with Crippen molar-refractivity contribution in [3.8, 4) is 5.75 Å². The molecule has 0 radical (unpaired) electrons. The van der Waals surface area contributed by atoms with Crippen LogP contribution in [0, 0.1) is 0 Å². The van der Waals surface area contributed by atoms with E-state index in [-0.39, 0.29) is 10.1 Å². The molecule has 43 heavy (non-hydrogen) atoms. The van der Waals surface area contributed by atoms with Crippen molar-refractivity contribution in [2.24, 2.45) is 0 Å². The predicted octanol–water partition coefficient (Wildman–Crippen LogP) is 11.0. The van der Waals surface area contributed by atoms with Crippen LogP contribution in [0.15, 0.2) is 53.1 Å². The van der Waals surface area contributed by atoms with Gasteiger partial charge in [-0.25, -0.2) is 0 Å². The zero-order valence-electron chi connectivity index (χ0n) is 30.0. The first-order chi connectivity index (χ1) is 19.8. The molecule has 6 heteroatoms. The molecule has 0 saturated heterocycles. The maximum atomic E-state index is 10.7. The maximum absolute atomic E-state index is 10.7. The predicted molar refractivity (Wildman–Crippen MR) is 190 cm³/mol. The van der Waals surface area contributed by atoms with Gasteiger partial charge in [0.05, 0.1) is 18.8 Å². The summed E-state index contributed by atoms with van der Waals surface area (Å²) in [6, 6.07) is 6.43. The van der Waals surface area contributed by atoms with Gasteiger partial charge in [-0.05, 0) is 115 Å². The van der Waals surface area contributed by atoms with Gasteiger partial charge in [-0.15, -0.1) is 0 Å². The van der Waals surface area contributed by atoms with Crippen LogP contribution in [-0.2, 0) is 22.1 Å². The Bertz CT molecular complexity index is 1140. The SMILES string of the molecule is CCC(=CCCC(O)(CC)CC)C1=CC=C(COc2ccc(CO[Si](C)(C)C(C)(C)C)c(CO[Si](C)(C)C(C)(C)C)c2)C1. The Morgan fingerprint density at radius 2 is 1.37 bits per heavy atom. The van der Waals surface area contributed by atoms with Crippen LogP contribution in [0.3, 0.4) is 0 Å². The first kappa shape index (κ1) is 37.7. The summed E-state index contributed by atoms with van der Waals surface area (Å²) in [5.74, 6) is 0.879. The van der Waals surface area contributed by atoms with Gasteiger partial charge in [0.2, 0.25) is 0 Å². The fourth-order valence-corrected chi connectivity index (χ4v) is 6.51. The summed E-state index contributed by atoms with van der Waals surface area (Å²) in [7, 11) is -3.79. The van der Waals surface area contributed by atoms with E-state index in [4.69, 9.17) is 13.6 Å². The molecule has 0 saturated carbocycles. The van der Waals surface area contributed by atoms with Crippen molar-refractivity contribution < 1.29 is 18.7 Å². The quantitative estimate of drug-likeness (QED) is 0.185. The van der Waals surface area contributed by atoms with E-state index >= 15 is 0 Å². The highest BCUT2D eigenvalue weighted by Crippen LogP contribution is 2.39. The molecule has 2 rings (SSSR count). The Hall–Kier alpha value is -1.45. The number of rotatable bonds is 16. The summed E-state index contributed by atoms with van der Waals surface area (Å²) in [5.41, 5.74) is 5.86. The van der Waals surface area contributed by atoms with Crippen molar-refractivity contribution in [2.45, 2.75) is 156 Å². The molecule has 0 amide bonds. The number of allylic oxidation sites excluding steroid dienone is 5. The van der Waals surface area contributed by atoms with Crippen LogP contribution in [0.1, 0.15) is 112 Å². The van der Waals surface area contributed by atoms with Crippen LogP contribution in [0.2, 0.25) is 36.3 Å². The summed E-state index contributed by atoms with van der Waals surface area (Å²) in [4.78, 5) is 0. The minimum Gasteiger partial charge on any atom is -0.489 e. The van der Waals surface area contributed by atoms with Crippen LogP contribution in [-0.4, -0.2) is 33.9 Å². The van der Waals surface area contributed by atoms with E-state index in [0.29, 0.717) is 19.8 Å². The maximum Gasteiger partial charge on any atom is 0.192 e. The van der Waals surface area contributed by atoms with Gasteiger partial charge < -0.3 is 18.7 Å². The molecular weight excluding hydrogens is 565 g/mol. The molecule has 1 N–H and O–H groups in total. The topological polar surface area (TPSA) is 47.9 Å². The minimum absolute atomic E-state index is 0.150. The Morgan fingerprint density at radius 1 is 0.814 bits per heavy atom. The molecule has 0 spiro atoms. The van der Waals surface area contributed by atoms with Crippen LogP contribution in [0.5, 0.6) is 5.75 Å². The van der Waals surface area contributed by atoms with Gasteiger partial charge in [-0.2, -0.15) is 0 Å². The standard InChI is InChI=1S/C37H64O4Si2/c1-14-30(18-17-23-37(38,15-2)16-3)31-20-19-29(24-31)26-39-34-22-21-32(27-40-42(10,11)35(4,5)6)33(25-34)28-41-43(12,13)36(7,8)9/h18-22,25,38H,14-17,23-24,26-28H2,1-13H3. The summed E-state index contributed by atoms with van der Waals surface area (Å²) < 4.78 is 19.7. The number of hydrogen-bond donors (Lipinski definition) is 1. The third-order valence-corrected chi connectivity index (χ3v) is 19.4. The van der Waals surface area contributed by atoms with Crippen molar-refractivity contribution >= 4 is 16.6 Å². The number of benzene rings is 1. The smallest absolute Gasteiger partial charge is 0.192 e. The highest BCUT2D eigenvalue weighted by molar-refractivity contribution is 6.74. The van der Waals surface area contributed by atoms with Crippen LogP contribution < -0.4 is 4.74 Å².